The van der Waals surface area contributed by atoms with Crippen molar-refractivity contribution in [3.63, 3.8) is 0 Å². The van der Waals surface area contributed by atoms with Crippen molar-refractivity contribution in [1.82, 2.24) is 10.2 Å². The highest BCUT2D eigenvalue weighted by Crippen LogP contribution is 2.36. The van der Waals surface area contributed by atoms with Gasteiger partial charge in [-0.05, 0) is 18.1 Å². The SMILES string of the molecule is CCC(C)[C@@H](c1c(F)ccc(Cl)c1F)N1CCNCC1.Cl.Cl. The standard InChI is InChI=1S/C15H21ClF2N2.2ClH/c1-3-10(2)15(20-8-6-19-7-9-20)13-12(17)5-4-11(16)14(13)18;;/h4-5,10,15,19H,3,6-9H2,1-2H3;2*1H/t10?,15-;;/m0../s1. The summed E-state index contributed by atoms with van der Waals surface area (Å²) in [6, 6.07) is 2.28. The van der Waals surface area contributed by atoms with Gasteiger partial charge in [0.2, 0.25) is 0 Å². The summed E-state index contributed by atoms with van der Waals surface area (Å²) in [6.07, 6.45) is 0.861. The van der Waals surface area contributed by atoms with Crippen LogP contribution in [0.15, 0.2) is 12.1 Å². The number of hydrogen-bond acceptors (Lipinski definition) is 2. The van der Waals surface area contributed by atoms with Crippen LogP contribution in [0.4, 0.5) is 8.78 Å². The highest BCUT2D eigenvalue weighted by Gasteiger charge is 2.31. The lowest BCUT2D eigenvalue weighted by atomic mass is 9.89. The smallest absolute Gasteiger partial charge is 0.149 e. The summed E-state index contributed by atoms with van der Waals surface area (Å²) < 4.78 is 28.5. The Morgan fingerprint density at radius 3 is 2.36 bits per heavy atom. The predicted octanol–water partition coefficient (Wildman–Crippen LogP) is 4.45. The van der Waals surface area contributed by atoms with Gasteiger partial charge in [-0.3, -0.25) is 4.90 Å². The Morgan fingerprint density at radius 1 is 1.23 bits per heavy atom. The quantitative estimate of drug-likeness (QED) is 0.782. The molecule has 1 aliphatic rings. The van der Waals surface area contributed by atoms with E-state index in [0.717, 1.165) is 32.6 Å². The first-order chi connectivity index (χ1) is 9.56. The minimum Gasteiger partial charge on any atom is -0.314 e. The molecule has 7 heteroatoms. The first kappa shape index (κ1) is 21.9. The topological polar surface area (TPSA) is 15.3 Å². The summed E-state index contributed by atoms with van der Waals surface area (Å²) in [5.41, 5.74) is 0.119. The number of nitrogens with one attached hydrogen (secondary N) is 1. The molecule has 0 saturated carbocycles. The third-order valence-corrected chi connectivity index (χ3v) is 4.40. The van der Waals surface area contributed by atoms with Crippen molar-refractivity contribution < 1.29 is 8.78 Å². The lowest BCUT2D eigenvalue weighted by molar-refractivity contribution is 0.122. The molecule has 1 aromatic carbocycles. The van der Waals surface area contributed by atoms with E-state index in [1.54, 1.807) is 0 Å². The van der Waals surface area contributed by atoms with Crippen LogP contribution < -0.4 is 5.32 Å². The molecule has 1 heterocycles. The van der Waals surface area contributed by atoms with Crippen LogP contribution in [0.1, 0.15) is 31.9 Å². The van der Waals surface area contributed by atoms with Gasteiger partial charge in [-0.2, -0.15) is 0 Å². The van der Waals surface area contributed by atoms with Crippen molar-refractivity contribution in [2.75, 3.05) is 26.2 Å². The highest BCUT2D eigenvalue weighted by atomic mass is 35.5. The lowest BCUT2D eigenvalue weighted by Crippen LogP contribution is -2.47. The maximum Gasteiger partial charge on any atom is 0.149 e. The van der Waals surface area contributed by atoms with Crippen molar-refractivity contribution in [3.05, 3.63) is 34.4 Å². The average molecular weight is 376 g/mol. The first-order valence-corrected chi connectivity index (χ1v) is 7.52. The molecule has 22 heavy (non-hydrogen) atoms. The molecular weight excluding hydrogens is 353 g/mol. The molecule has 1 unspecified atom stereocenters. The second kappa shape index (κ2) is 9.89. The van der Waals surface area contributed by atoms with Crippen molar-refractivity contribution in [2.45, 2.75) is 26.3 Å². The third kappa shape index (κ3) is 4.68. The normalized spacial score (nSPS) is 18.0. The number of piperazine rings is 1. The summed E-state index contributed by atoms with van der Waals surface area (Å²) in [5, 5.41) is 3.25. The van der Waals surface area contributed by atoms with Crippen LogP contribution in [-0.2, 0) is 0 Å². The van der Waals surface area contributed by atoms with Crippen molar-refractivity contribution >= 4 is 36.4 Å². The Bertz CT molecular complexity index is 468. The molecule has 2 atom stereocenters. The highest BCUT2D eigenvalue weighted by molar-refractivity contribution is 6.30. The molecule has 0 aromatic heterocycles. The van der Waals surface area contributed by atoms with E-state index in [-0.39, 0.29) is 47.4 Å². The second-order valence-electron chi connectivity index (χ2n) is 5.37. The number of rotatable bonds is 4. The predicted molar refractivity (Wildman–Crippen MR) is 92.5 cm³/mol. The number of hydrogen-bond donors (Lipinski definition) is 1. The molecular formula is C15H23Cl3F2N2. The molecule has 0 bridgehead atoms. The fourth-order valence-corrected chi connectivity index (χ4v) is 2.99. The Hall–Kier alpha value is -0.130. The van der Waals surface area contributed by atoms with Crippen LogP contribution in [0.3, 0.4) is 0 Å². The molecule has 2 nitrogen and oxygen atoms in total. The zero-order valence-electron chi connectivity index (χ0n) is 12.7. The van der Waals surface area contributed by atoms with E-state index in [1.807, 2.05) is 13.8 Å². The molecule has 1 aromatic rings. The van der Waals surface area contributed by atoms with Gasteiger partial charge in [0.1, 0.15) is 11.6 Å². The van der Waals surface area contributed by atoms with Crippen molar-refractivity contribution in [3.8, 4) is 0 Å². The minimum atomic E-state index is -0.615. The van der Waals surface area contributed by atoms with Crippen LogP contribution in [0.2, 0.25) is 5.02 Å². The van der Waals surface area contributed by atoms with Gasteiger partial charge in [0.15, 0.2) is 0 Å². The van der Waals surface area contributed by atoms with Gasteiger partial charge in [-0.15, -0.1) is 24.8 Å². The van der Waals surface area contributed by atoms with Crippen molar-refractivity contribution in [1.29, 1.82) is 0 Å². The van der Waals surface area contributed by atoms with Gasteiger partial charge >= 0.3 is 0 Å². The number of nitrogens with zero attached hydrogens (tertiary/aromatic N) is 1. The van der Waals surface area contributed by atoms with Gasteiger partial charge in [0.05, 0.1) is 5.02 Å². The zero-order valence-corrected chi connectivity index (χ0v) is 15.1. The maximum atomic E-state index is 14.3. The molecule has 1 saturated heterocycles. The van der Waals surface area contributed by atoms with E-state index in [4.69, 9.17) is 11.6 Å². The van der Waals surface area contributed by atoms with Crippen LogP contribution in [-0.4, -0.2) is 31.1 Å². The largest absolute Gasteiger partial charge is 0.314 e. The summed E-state index contributed by atoms with van der Waals surface area (Å²) in [6.45, 7) is 7.35. The second-order valence-corrected chi connectivity index (χ2v) is 5.78. The molecule has 0 radical (unpaired) electrons. The third-order valence-electron chi connectivity index (χ3n) is 4.10. The number of benzene rings is 1. The molecule has 1 N–H and O–H groups in total. The van der Waals surface area contributed by atoms with E-state index in [0.29, 0.717) is 0 Å². The summed E-state index contributed by atoms with van der Waals surface area (Å²) in [4.78, 5) is 2.16. The Labute approximate surface area is 148 Å². The molecule has 0 aliphatic carbocycles. The Morgan fingerprint density at radius 2 is 1.82 bits per heavy atom. The zero-order chi connectivity index (χ0) is 14.7. The van der Waals surface area contributed by atoms with Crippen LogP contribution in [0, 0.1) is 17.6 Å². The Balaban J connectivity index is 0.00000220. The van der Waals surface area contributed by atoms with Gasteiger partial charge in [0, 0.05) is 37.8 Å². The monoisotopic (exact) mass is 374 g/mol. The van der Waals surface area contributed by atoms with Gasteiger partial charge in [0.25, 0.3) is 0 Å². The minimum absolute atomic E-state index is 0. The Kier molecular flexibility index (Phi) is 9.83. The van der Waals surface area contributed by atoms with E-state index in [1.165, 1.54) is 12.1 Å². The van der Waals surface area contributed by atoms with E-state index >= 15 is 0 Å². The van der Waals surface area contributed by atoms with E-state index in [9.17, 15) is 8.78 Å². The maximum absolute atomic E-state index is 14.3. The van der Waals surface area contributed by atoms with Crippen LogP contribution >= 0.6 is 36.4 Å². The molecule has 0 amide bonds. The molecule has 0 spiro atoms. The molecule has 1 aliphatic heterocycles. The van der Waals surface area contributed by atoms with Crippen molar-refractivity contribution in [2.24, 2.45) is 5.92 Å². The van der Waals surface area contributed by atoms with Gasteiger partial charge < -0.3 is 5.32 Å². The summed E-state index contributed by atoms with van der Waals surface area (Å²) in [5.74, 6) is -0.957. The summed E-state index contributed by atoms with van der Waals surface area (Å²) >= 11 is 5.84. The molecule has 128 valence electrons. The number of halogens is 5. The first-order valence-electron chi connectivity index (χ1n) is 7.14. The van der Waals surface area contributed by atoms with Gasteiger partial charge in [-0.25, -0.2) is 8.78 Å². The molecule has 1 fully saturated rings. The average Bonchev–Trinajstić information content (AvgIpc) is 2.48. The van der Waals surface area contributed by atoms with Crippen LogP contribution in [0.25, 0.3) is 0 Å². The van der Waals surface area contributed by atoms with Gasteiger partial charge in [-0.1, -0.05) is 31.9 Å². The van der Waals surface area contributed by atoms with E-state index in [2.05, 4.69) is 10.2 Å². The fourth-order valence-electron chi connectivity index (χ4n) is 2.82. The van der Waals surface area contributed by atoms with Crippen LogP contribution in [0.5, 0.6) is 0 Å². The summed E-state index contributed by atoms with van der Waals surface area (Å²) in [7, 11) is 0. The lowest BCUT2D eigenvalue weighted by Gasteiger charge is -2.38. The fraction of sp³-hybridized carbons (Fsp3) is 0.600. The molecule has 2 rings (SSSR count). The van der Waals surface area contributed by atoms with E-state index < -0.39 is 11.6 Å².